The van der Waals surface area contributed by atoms with E-state index in [-0.39, 0.29) is 6.10 Å². The van der Waals surface area contributed by atoms with Gasteiger partial charge >= 0.3 is 0 Å². The molecular weight excluding hydrogens is 204 g/mol. The van der Waals surface area contributed by atoms with E-state index in [0.29, 0.717) is 0 Å². The largest absolute Gasteiger partial charge is 0.490 e. The quantitative estimate of drug-likeness (QED) is 0.852. The van der Waals surface area contributed by atoms with E-state index in [9.17, 15) is 5.11 Å². The van der Waals surface area contributed by atoms with Crippen LogP contribution in [0.25, 0.3) is 0 Å². The molecule has 3 heteroatoms. The summed E-state index contributed by atoms with van der Waals surface area (Å²) < 4.78 is 11.1. The molecule has 1 fully saturated rings. The predicted octanol–water partition coefficient (Wildman–Crippen LogP) is 2.30. The van der Waals surface area contributed by atoms with E-state index in [2.05, 4.69) is 0 Å². The zero-order valence-corrected chi connectivity index (χ0v) is 9.56. The third kappa shape index (κ3) is 2.97. The minimum absolute atomic E-state index is 0.270. The molecule has 16 heavy (non-hydrogen) atoms. The third-order valence-electron chi connectivity index (χ3n) is 2.83. The molecule has 0 radical (unpaired) electrons. The molecule has 1 aliphatic rings. The number of hydrogen-bond donors (Lipinski definition) is 1. The first kappa shape index (κ1) is 11.4. The lowest BCUT2D eigenvalue weighted by Crippen LogP contribution is -2.25. The van der Waals surface area contributed by atoms with Gasteiger partial charge < -0.3 is 14.6 Å². The SMILES string of the molecule is C[C@@H](O)c1ccc(OC2CCOCC2)cc1. The van der Waals surface area contributed by atoms with E-state index in [1.165, 1.54) is 0 Å². The van der Waals surface area contributed by atoms with Crippen molar-refractivity contribution in [3.8, 4) is 5.75 Å². The molecule has 0 saturated carbocycles. The van der Waals surface area contributed by atoms with Gasteiger partial charge in [-0.25, -0.2) is 0 Å². The van der Waals surface area contributed by atoms with Crippen molar-refractivity contribution in [3.05, 3.63) is 29.8 Å². The van der Waals surface area contributed by atoms with Crippen LogP contribution in [0.1, 0.15) is 31.4 Å². The second-order valence-corrected chi connectivity index (χ2v) is 4.17. The van der Waals surface area contributed by atoms with Crippen LogP contribution in [-0.4, -0.2) is 24.4 Å². The number of aliphatic hydroxyl groups excluding tert-OH is 1. The van der Waals surface area contributed by atoms with Gasteiger partial charge in [-0.05, 0) is 24.6 Å². The average molecular weight is 222 g/mol. The summed E-state index contributed by atoms with van der Waals surface area (Å²) in [5, 5.41) is 9.38. The normalized spacial score (nSPS) is 19.4. The summed E-state index contributed by atoms with van der Waals surface area (Å²) in [5.41, 5.74) is 0.916. The summed E-state index contributed by atoms with van der Waals surface area (Å²) in [6.07, 6.45) is 1.76. The number of aliphatic hydroxyl groups is 1. The molecule has 1 heterocycles. The van der Waals surface area contributed by atoms with E-state index in [4.69, 9.17) is 9.47 Å². The van der Waals surface area contributed by atoms with Crippen LogP contribution in [0.5, 0.6) is 5.75 Å². The van der Waals surface area contributed by atoms with Crippen molar-refractivity contribution < 1.29 is 14.6 Å². The van der Waals surface area contributed by atoms with Gasteiger partial charge in [-0.2, -0.15) is 0 Å². The highest BCUT2D eigenvalue weighted by Gasteiger charge is 2.15. The van der Waals surface area contributed by atoms with Gasteiger partial charge in [-0.1, -0.05) is 12.1 Å². The van der Waals surface area contributed by atoms with Crippen LogP contribution in [0.2, 0.25) is 0 Å². The number of ether oxygens (including phenoxy) is 2. The Morgan fingerprint density at radius 3 is 2.44 bits per heavy atom. The molecule has 1 atom stereocenters. The van der Waals surface area contributed by atoms with Crippen LogP contribution >= 0.6 is 0 Å². The fourth-order valence-electron chi connectivity index (χ4n) is 1.81. The minimum Gasteiger partial charge on any atom is -0.490 e. The molecule has 0 bridgehead atoms. The predicted molar refractivity (Wildman–Crippen MR) is 61.5 cm³/mol. The number of rotatable bonds is 3. The van der Waals surface area contributed by atoms with Gasteiger partial charge in [-0.3, -0.25) is 0 Å². The van der Waals surface area contributed by atoms with E-state index in [1.54, 1.807) is 6.92 Å². The average Bonchev–Trinajstić information content (AvgIpc) is 2.31. The van der Waals surface area contributed by atoms with Gasteiger partial charge in [0.25, 0.3) is 0 Å². The zero-order chi connectivity index (χ0) is 11.4. The Labute approximate surface area is 96.0 Å². The number of benzene rings is 1. The van der Waals surface area contributed by atoms with Crippen LogP contribution in [-0.2, 0) is 4.74 Å². The molecule has 0 spiro atoms. The summed E-state index contributed by atoms with van der Waals surface area (Å²) >= 11 is 0. The maximum absolute atomic E-state index is 9.38. The lowest BCUT2D eigenvalue weighted by molar-refractivity contribution is 0.0255. The van der Waals surface area contributed by atoms with E-state index >= 15 is 0 Å². The Kier molecular flexibility index (Phi) is 3.80. The maximum atomic E-state index is 9.38. The highest BCUT2D eigenvalue weighted by atomic mass is 16.5. The first-order valence-electron chi connectivity index (χ1n) is 5.78. The van der Waals surface area contributed by atoms with Gasteiger partial charge in [0.05, 0.1) is 19.3 Å². The molecule has 1 N–H and O–H groups in total. The molecule has 0 amide bonds. The second-order valence-electron chi connectivity index (χ2n) is 4.17. The molecular formula is C13H18O3. The van der Waals surface area contributed by atoms with Crippen molar-refractivity contribution in [2.75, 3.05) is 13.2 Å². The van der Waals surface area contributed by atoms with Crippen LogP contribution in [0.4, 0.5) is 0 Å². The fourth-order valence-corrected chi connectivity index (χ4v) is 1.81. The number of hydrogen-bond acceptors (Lipinski definition) is 3. The first-order valence-corrected chi connectivity index (χ1v) is 5.78. The molecule has 0 aromatic heterocycles. The van der Waals surface area contributed by atoms with Gasteiger partial charge in [-0.15, -0.1) is 0 Å². The summed E-state index contributed by atoms with van der Waals surface area (Å²) in [4.78, 5) is 0. The minimum atomic E-state index is -0.419. The van der Waals surface area contributed by atoms with Crippen LogP contribution in [0, 0.1) is 0 Å². The highest BCUT2D eigenvalue weighted by Crippen LogP contribution is 2.20. The lowest BCUT2D eigenvalue weighted by atomic mass is 10.1. The molecule has 1 saturated heterocycles. The summed E-state index contributed by atoms with van der Waals surface area (Å²) in [6, 6.07) is 7.63. The summed E-state index contributed by atoms with van der Waals surface area (Å²) in [7, 11) is 0. The van der Waals surface area contributed by atoms with Gasteiger partial charge in [0, 0.05) is 12.8 Å². The van der Waals surface area contributed by atoms with Crippen LogP contribution in [0.15, 0.2) is 24.3 Å². The Morgan fingerprint density at radius 2 is 1.88 bits per heavy atom. The Bertz CT molecular complexity index is 312. The molecule has 1 aliphatic heterocycles. The van der Waals surface area contributed by atoms with Crippen molar-refractivity contribution in [1.29, 1.82) is 0 Å². The molecule has 1 aromatic carbocycles. The second kappa shape index (κ2) is 5.32. The van der Waals surface area contributed by atoms with E-state index in [0.717, 1.165) is 37.4 Å². The highest BCUT2D eigenvalue weighted by molar-refractivity contribution is 5.28. The Hall–Kier alpha value is -1.06. The fraction of sp³-hybridized carbons (Fsp3) is 0.538. The molecule has 3 nitrogen and oxygen atoms in total. The maximum Gasteiger partial charge on any atom is 0.119 e. The molecule has 0 unspecified atom stereocenters. The van der Waals surface area contributed by atoms with Crippen molar-refractivity contribution in [2.24, 2.45) is 0 Å². The molecule has 88 valence electrons. The molecule has 0 aliphatic carbocycles. The lowest BCUT2D eigenvalue weighted by Gasteiger charge is -2.23. The van der Waals surface area contributed by atoms with Gasteiger partial charge in [0.15, 0.2) is 0 Å². The summed E-state index contributed by atoms with van der Waals surface area (Å²) in [6.45, 7) is 3.33. The van der Waals surface area contributed by atoms with Gasteiger partial charge in [0.2, 0.25) is 0 Å². The summed E-state index contributed by atoms with van der Waals surface area (Å²) in [5.74, 6) is 0.872. The Balaban J connectivity index is 1.93. The third-order valence-corrected chi connectivity index (χ3v) is 2.83. The van der Waals surface area contributed by atoms with Crippen molar-refractivity contribution in [3.63, 3.8) is 0 Å². The Morgan fingerprint density at radius 1 is 1.25 bits per heavy atom. The molecule has 2 rings (SSSR count). The van der Waals surface area contributed by atoms with Gasteiger partial charge in [0.1, 0.15) is 11.9 Å². The van der Waals surface area contributed by atoms with Crippen molar-refractivity contribution >= 4 is 0 Å². The van der Waals surface area contributed by atoms with Crippen molar-refractivity contribution in [2.45, 2.75) is 32.0 Å². The monoisotopic (exact) mass is 222 g/mol. The van der Waals surface area contributed by atoms with Crippen LogP contribution in [0.3, 0.4) is 0 Å². The standard InChI is InChI=1S/C13H18O3/c1-10(14)11-2-4-12(5-3-11)16-13-6-8-15-9-7-13/h2-5,10,13-14H,6-9H2,1H3/t10-/m1/s1. The van der Waals surface area contributed by atoms with Crippen molar-refractivity contribution in [1.82, 2.24) is 0 Å². The first-order chi connectivity index (χ1) is 7.75. The van der Waals surface area contributed by atoms with Crippen LogP contribution < -0.4 is 4.74 Å². The van der Waals surface area contributed by atoms with E-state index < -0.39 is 6.10 Å². The van der Waals surface area contributed by atoms with E-state index in [1.807, 2.05) is 24.3 Å². The zero-order valence-electron chi connectivity index (χ0n) is 9.56. The topological polar surface area (TPSA) is 38.7 Å². The smallest absolute Gasteiger partial charge is 0.119 e. The molecule has 1 aromatic rings.